The third-order valence-electron chi connectivity index (χ3n) is 3.73. The van der Waals surface area contributed by atoms with Crippen molar-refractivity contribution < 1.29 is 4.79 Å². The van der Waals surface area contributed by atoms with Crippen LogP contribution in [0.3, 0.4) is 0 Å². The molecule has 1 aromatic heterocycles. The Balaban J connectivity index is 2.17. The van der Waals surface area contributed by atoms with Crippen molar-refractivity contribution in [3.63, 3.8) is 0 Å². The summed E-state index contributed by atoms with van der Waals surface area (Å²) in [5.41, 5.74) is 14.5. The minimum absolute atomic E-state index is 0.215. The third-order valence-corrected chi connectivity index (χ3v) is 4.67. The highest BCUT2D eigenvalue weighted by Gasteiger charge is 2.15. The molecule has 0 unspecified atom stereocenters. The normalized spacial score (nSPS) is 10.7. The Morgan fingerprint density at radius 1 is 1.17 bits per heavy atom. The lowest BCUT2D eigenvalue weighted by molar-refractivity contribution is 0.100. The van der Waals surface area contributed by atoms with Gasteiger partial charge in [-0.1, -0.05) is 37.3 Å². The molecule has 3 rings (SSSR count). The predicted octanol–water partition coefficient (Wildman–Crippen LogP) is 3.54. The number of fused-ring (bicyclic) bond motifs is 1. The van der Waals surface area contributed by atoms with Crippen molar-refractivity contribution in [3.05, 3.63) is 59.0 Å². The maximum atomic E-state index is 12.2. The van der Waals surface area contributed by atoms with E-state index in [1.807, 2.05) is 31.2 Å². The quantitative estimate of drug-likeness (QED) is 0.571. The number of carbonyl (C=O) groups is 1. The first-order chi connectivity index (χ1) is 11.1. The zero-order valence-electron chi connectivity index (χ0n) is 12.7. The lowest BCUT2D eigenvalue weighted by atomic mass is 9.98. The molecule has 0 saturated carbocycles. The fourth-order valence-electron chi connectivity index (χ4n) is 2.63. The summed E-state index contributed by atoms with van der Waals surface area (Å²) in [6.45, 7) is 2.02. The molecule has 0 spiro atoms. The van der Waals surface area contributed by atoms with Crippen molar-refractivity contribution in [1.82, 2.24) is 0 Å². The molecule has 0 fully saturated rings. The second-order valence-corrected chi connectivity index (χ2v) is 6.13. The minimum Gasteiger partial charge on any atom is -0.370 e. The van der Waals surface area contributed by atoms with Crippen LogP contribution in [-0.2, 0) is 6.42 Å². The van der Waals surface area contributed by atoms with Gasteiger partial charge >= 0.3 is 0 Å². The van der Waals surface area contributed by atoms with E-state index in [2.05, 4.69) is 28.6 Å². The molecule has 0 atom stereocenters. The highest BCUT2D eigenvalue weighted by Crippen LogP contribution is 2.36. The van der Waals surface area contributed by atoms with Crippen LogP contribution in [0.4, 0.5) is 0 Å². The number of carbonyl (C=O) groups excluding carboxylic acids is 1. The molecule has 0 aliphatic rings. The first kappa shape index (κ1) is 15.2. The zero-order chi connectivity index (χ0) is 16.4. The largest absolute Gasteiger partial charge is 0.370 e. The van der Waals surface area contributed by atoms with Gasteiger partial charge in [0.1, 0.15) is 0 Å². The zero-order valence-corrected chi connectivity index (χ0v) is 13.6. The number of nitrogens with two attached hydrogens (primary N) is 2. The van der Waals surface area contributed by atoms with Gasteiger partial charge in [0.2, 0.25) is 0 Å². The number of aryl methyl sites for hydroxylation is 1. The van der Waals surface area contributed by atoms with Crippen LogP contribution in [0.5, 0.6) is 0 Å². The number of guanidine groups is 1. The van der Waals surface area contributed by atoms with E-state index < -0.39 is 5.91 Å². The third kappa shape index (κ3) is 2.96. The maximum absolute atomic E-state index is 12.2. The van der Waals surface area contributed by atoms with Crippen LogP contribution in [0, 0.1) is 0 Å². The van der Waals surface area contributed by atoms with E-state index in [9.17, 15) is 4.79 Å². The van der Waals surface area contributed by atoms with Crippen molar-refractivity contribution >= 4 is 33.3 Å². The van der Waals surface area contributed by atoms with Crippen LogP contribution in [0.25, 0.3) is 21.2 Å². The monoisotopic (exact) mass is 323 g/mol. The Morgan fingerprint density at radius 3 is 2.57 bits per heavy atom. The molecule has 5 heteroatoms. The molecule has 0 saturated heterocycles. The van der Waals surface area contributed by atoms with Crippen LogP contribution in [-0.4, -0.2) is 11.9 Å². The van der Waals surface area contributed by atoms with Gasteiger partial charge in [-0.15, -0.1) is 11.3 Å². The van der Waals surface area contributed by atoms with Crippen LogP contribution in [0.1, 0.15) is 22.8 Å². The Hall–Kier alpha value is -2.66. The van der Waals surface area contributed by atoms with E-state index in [1.165, 1.54) is 11.1 Å². The number of hydrogen-bond acceptors (Lipinski definition) is 2. The molecule has 116 valence electrons. The molecular formula is C18H17N3OS. The van der Waals surface area contributed by atoms with E-state index in [0.717, 1.165) is 22.1 Å². The summed E-state index contributed by atoms with van der Waals surface area (Å²) in [6.07, 6.45) is 0.737. The van der Waals surface area contributed by atoms with Gasteiger partial charge in [-0.05, 0) is 35.1 Å². The lowest BCUT2D eigenvalue weighted by Crippen LogP contribution is -2.24. The molecule has 0 aliphatic carbocycles. The van der Waals surface area contributed by atoms with Gasteiger partial charge < -0.3 is 11.5 Å². The fraction of sp³-hybridized carbons (Fsp3) is 0.111. The predicted molar refractivity (Wildman–Crippen MR) is 96.8 cm³/mol. The summed E-state index contributed by atoms with van der Waals surface area (Å²) in [5, 5.41) is 3.27. The SMILES string of the molecule is CCc1cc2c(-c3ccccc3)csc2cc1C(=O)N=C(N)N. The highest BCUT2D eigenvalue weighted by molar-refractivity contribution is 7.17. The van der Waals surface area contributed by atoms with Crippen LogP contribution in [0.15, 0.2) is 52.8 Å². The molecule has 23 heavy (non-hydrogen) atoms. The van der Waals surface area contributed by atoms with Crippen molar-refractivity contribution in [3.8, 4) is 11.1 Å². The van der Waals surface area contributed by atoms with Gasteiger partial charge in [-0.3, -0.25) is 4.79 Å². The smallest absolute Gasteiger partial charge is 0.280 e. The number of nitrogens with zero attached hydrogens (tertiary/aromatic N) is 1. The van der Waals surface area contributed by atoms with E-state index in [1.54, 1.807) is 11.3 Å². The number of amides is 1. The molecule has 1 amide bonds. The number of benzene rings is 2. The fourth-order valence-corrected chi connectivity index (χ4v) is 3.62. The van der Waals surface area contributed by atoms with Crippen LogP contribution < -0.4 is 11.5 Å². The second kappa shape index (κ2) is 6.22. The van der Waals surface area contributed by atoms with Gasteiger partial charge in [0.15, 0.2) is 5.96 Å². The summed E-state index contributed by atoms with van der Waals surface area (Å²) in [4.78, 5) is 15.9. The van der Waals surface area contributed by atoms with Gasteiger partial charge in [0, 0.05) is 21.2 Å². The average Bonchev–Trinajstić information content (AvgIpc) is 2.96. The number of rotatable bonds is 3. The van der Waals surface area contributed by atoms with Gasteiger partial charge in [-0.2, -0.15) is 4.99 Å². The molecule has 0 bridgehead atoms. The molecule has 2 aromatic carbocycles. The topological polar surface area (TPSA) is 81.5 Å². The molecule has 0 aliphatic heterocycles. The van der Waals surface area contributed by atoms with Crippen LogP contribution in [0.2, 0.25) is 0 Å². The Labute approximate surface area is 138 Å². The van der Waals surface area contributed by atoms with E-state index in [4.69, 9.17) is 11.5 Å². The number of aliphatic imine (C=N–C) groups is 1. The second-order valence-electron chi connectivity index (χ2n) is 5.22. The molecule has 4 N–H and O–H groups in total. The lowest BCUT2D eigenvalue weighted by Gasteiger charge is -2.07. The van der Waals surface area contributed by atoms with Crippen molar-refractivity contribution in [2.75, 3.05) is 0 Å². The Kier molecular flexibility index (Phi) is 4.12. The first-order valence-electron chi connectivity index (χ1n) is 7.33. The Bertz CT molecular complexity index is 893. The highest BCUT2D eigenvalue weighted by atomic mass is 32.1. The first-order valence-corrected chi connectivity index (χ1v) is 8.21. The summed E-state index contributed by atoms with van der Waals surface area (Å²) < 4.78 is 1.05. The van der Waals surface area contributed by atoms with E-state index in [-0.39, 0.29) is 5.96 Å². The molecule has 4 nitrogen and oxygen atoms in total. The summed E-state index contributed by atoms with van der Waals surface area (Å²) in [5.74, 6) is -0.605. The molecule has 3 aromatic rings. The standard InChI is InChI=1S/C18H17N3OS/c1-2-11-8-14-15(12-6-4-3-5-7-12)10-23-16(14)9-13(11)17(22)21-18(19)20/h3-10H,2H2,1H3,(H4,19,20,21,22). The Morgan fingerprint density at radius 2 is 1.91 bits per heavy atom. The van der Waals surface area contributed by atoms with E-state index in [0.29, 0.717) is 5.56 Å². The maximum Gasteiger partial charge on any atom is 0.280 e. The average molecular weight is 323 g/mol. The van der Waals surface area contributed by atoms with E-state index >= 15 is 0 Å². The van der Waals surface area contributed by atoms with Crippen LogP contribution >= 0.6 is 11.3 Å². The summed E-state index contributed by atoms with van der Waals surface area (Å²) >= 11 is 1.62. The van der Waals surface area contributed by atoms with Gasteiger partial charge in [-0.25, -0.2) is 0 Å². The van der Waals surface area contributed by atoms with Crippen molar-refractivity contribution in [2.24, 2.45) is 16.5 Å². The molecular weight excluding hydrogens is 306 g/mol. The molecule has 0 radical (unpaired) electrons. The number of hydrogen-bond donors (Lipinski definition) is 2. The van der Waals surface area contributed by atoms with Gasteiger partial charge in [0.25, 0.3) is 5.91 Å². The minimum atomic E-state index is -0.390. The number of thiophene rings is 1. The summed E-state index contributed by atoms with van der Waals surface area (Å²) in [7, 11) is 0. The van der Waals surface area contributed by atoms with Crippen molar-refractivity contribution in [1.29, 1.82) is 0 Å². The van der Waals surface area contributed by atoms with Gasteiger partial charge in [0.05, 0.1) is 0 Å². The van der Waals surface area contributed by atoms with Crippen molar-refractivity contribution in [2.45, 2.75) is 13.3 Å². The summed E-state index contributed by atoms with van der Waals surface area (Å²) in [6, 6.07) is 14.2. The molecule has 1 heterocycles.